The van der Waals surface area contributed by atoms with E-state index in [2.05, 4.69) is 16.4 Å². The van der Waals surface area contributed by atoms with Gasteiger partial charge in [0, 0.05) is 28.1 Å². The largest absolute Gasteiger partial charge is 0.316 e. The van der Waals surface area contributed by atoms with Crippen molar-refractivity contribution < 1.29 is 0 Å². The van der Waals surface area contributed by atoms with Gasteiger partial charge in [-0.1, -0.05) is 29.8 Å². The molecule has 104 valence electrons. The summed E-state index contributed by atoms with van der Waals surface area (Å²) >= 11 is 7.92. The molecule has 21 heavy (non-hydrogen) atoms. The molecule has 5 heteroatoms. The first-order chi connectivity index (χ1) is 10.2. The van der Waals surface area contributed by atoms with Gasteiger partial charge in [0.15, 0.2) is 5.13 Å². The number of anilines is 2. The highest BCUT2D eigenvalue weighted by molar-refractivity contribution is 7.16. The standard InChI is InChI=1S/C16H12ClN3S/c1-9-5-6-14(18-8-9)19-16-20-15-10-3-2-4-12(17)11(10)7-13(15)21-16/h2-6,8H,7H2,1H3,(H,18,19,20). The number of benzene rings is 1. The van der Waals surface area contributed by atoms with Crippen LogP contribution in [0.3, 0.4) is 0 Å². The molecular weight excluding hydrogens is 302 g/mol. The third-order valence-electron chi connectivity index (χ3n) is 3.56. The molecule has 0 saturated heterocycles. The number of aryl methyl sites for hydroxylation is 1. The molecule has 1 aliphatic rings. The van der Waals surface area contributed by atoms with E-state index in [0.29, 0.717) is 0 Å². The highest BCUT2D eigenvalue weighted by Crippen LogP contribution is 2.43. The van der Waals surface area contributed by atoms with Crippen molar-refractivity contribution >= 4 is 33.9 Å². The molecule has 1 aliphatic carbocycles. The summed E-state index contributed by atoms with van der Waals surface area (Å²) in [5.41, 5.74) is 4.53. The summed E-state index contributed by atoms with van der Waals surface area (Å²) in [5.74, 6) is 0.819. The summed E-state index contributed by atoms with van der Waals surface area (Å²) < 4.78 is 0. The Labute approximate surface area is 131 Å². The summed E-state index contributed by atoms with van der Waals surface area (Å²) in [5, 5.41) is 4.97. The van der Waals surface area contributed by atoms with Crippen LogP contribution in [0.1, 0.15) is 16.0 Å². The Morgan fingerprint density at radius 1 is 1.24 bits per heavy atom. The van der Waals surface area contributed by atoms with E-state index in [9.17, 15) is 0 Å². The van der Waals surface area contributed by atoms with Crippen molar-refractivity contribution in [2.75, 3.05) is 5.32 Å². The average molecular weight is 314 g/mol. The molecule has 0 amide bonds. The number of aromatic nitrogens is 2. The van der Waals surface area contributed by atoms with Crippen molar-refractivity contribution in [3.63, 3.8) is 0 Å². The lowest BCUT2D eigenvalue weighted by Gasteiger charge is -2.03. The van der Waals surface area contributed by atoms with Gasteiger partial charge >= 0.3 is 0 Å². The topological polar surface area (TPSA) is 37.8 Å². The molecule has 0 aliphatic heterocycles. The predicted molar refractivity (Wildman–Crippen MR) is 87.6 cm³/mol. The van der Waals surface area contributed by atoms with Crippen LogP contribution in [0.5, 0.6) is 0 Å². The number of thiazole rings is 1. The first kappa shape index (κ1) is 12.8. The second-order valence-electron chi connectivity index (χ2n) is 5.08. The van der Waals surface area contributed by atoms with E-state index in [-0.39, 0.29) is 0 Å². The van der Waals surface area contributed by atoms with Crippen LogP contribution in [-0.2, 0) is 6.42 Å². The van der Waals surface area contributed by atoms with Crippen LogP contribution in [0.15, 0.2) is 36.5 Å². The molecule has 0 bridgehead atoms. The number of nitrogens with one attached hydrogen (secondary N) is 1. The Morgan fingerprint density at radius 3 is 2.95 bits per heavy atom. The highest BCUT2D eigenvalue weighted by atomic mass is 35.5. The number of fused-ring (bicyclic) bond motifs is 3. The minimum Gasteiger partial charge on any atom is -0.316 e. The number of pyridine rings is 1. The third-order valence-corrected chi connectivity index (χ3v) is 4.88. The zero-order chi connectivity index (χ0) is 14.4. The molecule has 0 saturated carbocycles. The maximum absolute atomic E-state index is 6.25. The Kier molecular flexibility index (Phi) is 2.94. The first-order valence-electron chi connectivity index (χ1n) is 6.68. The lowest BCUT2D eigenvalue weighted by molar-refractivity contribution is 1.25. The van der Waals surface area contributed by atoms with Crippen LogP contribution in [0.2, 0.25) is 5.02 Å². The van der Waals surface area contributed by atoms with Gasteiger partial charge in [-0.3, -0.25) is 0 Å². The highest BCUT2D eigenvalue weighted by Gasteiger charge is 2.25. The van der Waals surface area contributed by atoms with Gasteiger partial charge in [0.05, 0.1) is 5.69 Å². The number of rotatable bonds is 2. The fourth-order valence-corrected chi connectivity index (χ4v) is 3.74. The van der Waals surface area contributed by atoms with E-state index in [0.717, 1.165) is 39.2 Å². The second kappa shape index (κ2) is 4.83. The molecule has 0 spiro atoms. The van der Waals surface area contributed by atoms with Crippen LogP contribution in [-0.4, -0.2) is 9.97 Å². The van der Waals surface area contributed by atoms with E-state index in [1.54, 1.807) is 11.3 Å². The van der Waals surface area contributed by atoms with Gasteiger partial charge in [-0.15, -0.1) is 11.3 Å². The van der Waals surface area contributed by atoms with Crippen molar-refractivity contribution in [1.82, 2.24) is 9.97 Å². The number of halogens is 1. The monoisotopic (exact) mass is 313 g/mol. The normalized spacial score (nSPS) is 12.1. The molecule has 2 aromatic heterocycles. The average Bonchev–Trinajstić information content (AvgIpc) is 3.00. The lowest BCUT2D eigenvalue weighted by atomic mass is 10.1. The summed E-state index contributed by atoms with van der Waals surface area (Å²) in [7, 11) is 0. The van der Waals surface area contributed by atoms with Gasteiger partial charge in [0.1, 0.15) is 5.82 Å². The maximum Gasteiger partial charge on any atom is 0.189 e. The Balaban J connectivity index is 1.67. The zero-order valence-electron chi connectivity index (χ0n) is 11.4. The smallest absolute Gasteiger partial charge is 0.189 e. The zero-order valence-corrected chi connectivity index (χ0v) is 12.9. The van der Waals surface area contributed by atoms with Crippen LogP contribution >= 0.6 is 22.9 Å². The van der Waals surface area contributed by atoms with E-state index in [1.807, 2.05) is 37.4 Å². The second-order valence-corrected chi connectivity index (χ2v) is 6.57. The summed E-state index contributed by atoms with van der Waals surface area (Å²) in [6.07, 6.45) is 2.71. The predicted octanol–water partition coefficient (Wildman–Crippen LogP) is 4.81. The Bertz CT molecular complexity index is 824. The van der Waals surface area contributed by atoms with Gasteiger partial charge in [-0.05, 0) is 30.2 Å². The lowest BCUT2D eigenvalue weighted by Crippen LogP contribution is -1.93. The van der Waals surface area contributed by atoms with Crippen LogP contribution in [0, 0.1) is 6.92 Å². The number of hydrogen-bond acceptors (Lipinski definition) is 4. The van der Waals surface area contributed by atoms with E-state index in [4.69, 9.17) is 16.6 Å². The summed E-state index contributed by atoms with van der Waals surface area (Å²) in [6, 6.07) is 10.00. The minimum atomic E-state index is 0.819. The SMILES string of the molecule is Cc1ccc(Nc2nc3c(s2)Cc2c(Cl)cccc2-3)nc1. The van der Waals surface area contributed by atoms with Crippen LogP contribution in [0.25, 0.3) is 11.3 Å². The molecule has 3 nitrogen and oxygen atoms in total. The Hall–Kier alpha value is -1.91. The van der Waals surface area contributed by atoms with Gasteiger partial charge in [-0.2, -0.15) is 0 Å². The molecule has 1 aromatic carbocycles. The summed E-state index contributed by atoms with van der Waals surface area (Å²) in [6.45, 7) is 2.02. The maximum atomic E-state index is 6.25. The van der Waals surface area contributed by atoms with E-state index < -0.39 is 0 Å². The molecule has 0 unspecified atom stereocenters. The molecule has 2 heterocycles. The van der Waals surface area contributed by atoms with Crippen molar-refractivity contribution in [2.24, 2.45) is 0 Å². The summed E-state index contributed by atoms with van der Waals surface area (Å²) in [4.78, 5) is 10.3. The fourth-order valence-electron chi connectivity index (χ4n) is 2.51. The molecule has 4 rings (SSSR count). The van der Waals surface area contributed by atoms with Crippen molar-refractivity contribution in [3.8, 4) is 11.3 Å². The third kappa shape index (κ3) is 2.20. The Morgan fingerprint density at radius 2 is 2.14 bits per heavy atom. The van der Waals surface area contributed by atoms with Crippen LogP contribution < -0.4 is 5.32 Å². The molecule has 1 N–H and O–H groups in total. The van der Waals surface area contributed by atoms with E-state index >= 15 is 0 Å². The quantitative estimate of drug-likeness (QED) is 0.577. The van der Waals surface area contributed by atoms with Crippen molar-refractivity contribution in [3.05, 3.63) is 57.6 Å². The van der Waals surface area contributed by atoms with Crippen molar-refractivity contribution in [2.45, 2.75) is 13.3 Å². The fraction of sp³-hybridized carbons (Fsp3) is 0.125. The van der Waals surface area contributed by atoms with Crippen molar-refractivity contribution in [1.29, 1.82) is 0 Å². The molecule has 0 fully saturated rings. The molecular formula is C16H12ClN3S. The van der Waals surface area contributed by atoms with Gasteiger partial charge in [-0.25, -0.2) is 9.97 Å². The first-order valence-corrected chi connectivity index (χ1v) is 7.87. The van der Waals surface area contributed by atoms with Gasteiger partial charge in [0.2, 0.25) is 0 Å². The molecule has 3 aromatic rings. The number of hydrogen-bond donors (Lipinski definition) is 1. The van der Waals surface area contributed by atoms with Crippen LogP contribution in [0.4, 0.5) is 10.9 Å². The number of nitrogens with zero attached hydrogens (tertiary/aromatic N) is 2. The van der Waals surface area contributed by atoms with Gasteiger partial charge < -0.3 is 5.32 Å². The molecule has 0 atom stereocenters. The molecule has 0 radical (unpaired) electrons. The van der Waals surface area contributed by atoms with E-state index in [1.165, 1.54) is 10.4 Å². The van der Waals surface area contributed by atoms with Gasteiger partial charge in [0.25, 0.3) is 0 Å². The minimum absolute atomic E-state index is 0.819.